The average Bonchev–Trinajstić information content (AvgIpc) is 3.27. The first kappa shape index (κ1) is 24.8. The van der Waals surface area contributed by atoms with Gasteiger partial charge in [0.05, 0.1) is 29.6 Å². The number of aromatic amines is 1. The van der Waals surface area contributed by atoms with Crippen LogP contribution in [-0.4, -0.2) is 100 Å². The molecule has 14 heteroatoms. The molecule has 194 valence electrons. The minimum atomic E-state index is -3.97. The highest BCUT2D eigenvalue weighted by Gasteiger charge is 2.57. The molecule has 1 unspecified atom stereocenters. The second kappa shape index (κ2) is 8.89. The monoisotopic (exact) mass is 522 g/mol. The number of carbonyl (C=O) groups is 1. The van der Waals surface area contributed by atoms with E-state index in [4.69, 9.17) is 5.26 Å². The van der Waals surface area contributed by atoms with E-state index in [0.29, 0.717) is 31.6 Å². The largest absolute Gasteiger partial charge is 0.353 e. The van der Waals surface area contributed by atoms with Crippen molar-refractivity contribution in [3.63, 3.8) is 0 Å². The molecule has 2 aliphatic heterocycles. The van der Waals surface area contributed by atoms with Crippen molar-refractivity contribution in [1.29, 1.82) is 5.26 Å². The van der Waals surface area contributed by atoms with Gasteiger partial charge in [-0.1, -0.05) is 0 Å². The number of anilines is 1. The van der Waals surface area contributed by atoms with Crippen molar-refractivity contribution < 1.29 is 22.0 Å². The molecule has 1 amide bonds. The Bertz CT molecular complexity index is 1310. The summed E-state index contributed by atoms with van der Waals surface area (Å²) in [6.07, 6.45) is 3.80. The molecule has 0 aromatic carbocycles. The fourth-order valence-electron chi connectivity index (χ4n) is 5.38. The molecule has 5 rings (SSSR count). The Balaban J connectivity index is 1.31. The SMILES string of the molecule is CN(CC1CC(F)(F)CN1C(=O)CCC#N)S(=O)(=O)N1CCN(c2ncnc3[nH]ccc23)CC12CC2. The predicted molar refractivity (Wildman–Crippen MR) is 126 cm³/mol. The Hall–Kier alpha value is -2.89. The van der Waals surface area contributed by atoms with Crippen LogP contribution in [-0.2, 0) is 15.0 Å². The second-order valence-corrected chi connectivity index (χ2v) is 11.8. The number of amides is 1. The number of likely N-dealkylation sites (tertiary alicyclic amines) is 1. The lowest BCUT2D eigenvalue weighted by Crippen LogP contribution is -2.60. The minimum absolute atomic E-state index is 0.0735. The summed E-state index contributed by atoms with van der Waals surface area (Å²) in [6, 6.07) is 2.78. The normalized spacial score (nSPS) is 23.5. The number of hydrogen-bond acceptors (Lipinski definition) is 7. The fourth-order valence-corrected chi connectivity index (χ4v) is 7.12. The Morgan fingerprint density at radius 3 is 2.81 bits per heavy atom. The number of alkyl halides is 2. The Kier molecular flexibility index (Phi) is 6.12. The third-order valence-electron chi connectivity index (χ3n) is 7.33. The number of halogens is 2. The van der Waals surface area contributed by atoms with E-state index in [2.05, 4.69) is 19.9 Å². The van der Waals surface area contributed by atoms with Crippen LogP contribution in [0, 0.1) is 11.3 Å². The summed E-state index contributed by atoms with van der Waals surface area (Å²) in [4.78, 5) is 27.3. The molecule has 1 saturated carbocycles. The highest BCUT2D eigenvalue weighted by molar-refractivity contribution is 7.86. The average molecular weight is 523 g/mol. The van der Waals surface area contributed by atoms with E-state index in [-0.39, 0.29) is 25.9 Å². The van der Waals surface area contributed by atoms with Gasteiger partial charge in [0.1, 0.15) is 17.8 Å². The zero-order chi connectivity index (χ0) is 25.7. The van der Waals surface area contributed by atoms with Crippen LogP contribution in [0.4, 0.5) is 14.6 Å². The van der Waals surface area contributed by atoms with Gasteiger partial charge in [0.2, 0.25) is 5.91 Å². The van der Waals surface area contributed by atoms with Crippen LogP contribution >= 0.6 is 0 Å². The highest BCUT2D eigenvalue weighted by atomic mass is 32.2. The molecule has 2 aromatic heterocycles. The molecule has 36 heavy (non-hydrogen) atoms. The Morgan fingerprint density at radius 1 is 1.31 bits per heavy atom. The van der Waals surface area contributed by atoms with Crippen LogP contribution in [0.15, 0.2) is 18.6 Å². The lowest BCUT2D eigenvalue weighted by Gasteiger charge is -2.43. The molecule has 2 saturated heterocycles. The lowest BCUT2D eigenvalue weighted by atomic mass is 10.2. The van der Waals surface area contributed by atoms with Crippen LogP contribution in [0.25, 0.3) is 11.0 Å². The maximum absolute atomic E-state index is 14.2. The molecule has 1 aliphatic carbocycles. The summed E-state index contributed by atoms with van der Waals surface area (Å²) in [5, 5.41) is 9.60. The van der Waals surface area contributed by atoms with Gasteiger partial charge in [-0.2, -0.15) is 22.3 Å². The van der Waals surface area contributed by atoms with E-state index >= 15 is 0 Å². The van der Waals surface area contributed by atoms with Crippen LogP contribution in [0.1, 0.15) is 32.1 Å². The van der Waals surface area contributed by atoms with Crippen molar-refractivity contribution in [2.24, 2.45) is 0 Å². The van der Waals surface area contributed by atoms with E-state index in [0.717, 1.165) is 20.4 Å². The summed E-state index contributed by atoms with van der Waals surface area (Å²) >= 11 is 0. The molecule has 4 heterocycles. The van der Waals surface area contributed by atoms with Crippen molar-refractivity contribution in [2.45, 2.75) is 49.6 Å². The molecule has 1 N–H and O–H groups in total. The third-order valence-corrected chi connectivity index (χ3v) is 9.40. The van der Waals surface area contributed by atoms with Gasteiger partial charge in [0.15, 0.2) is 0 Å². The predicted octanol–water partition coefficient (Wildman–Crippen LogP) is 1.33. The van der Waals surface area contributed by atoms with Gasteiger partial charge < -0.3 is 14.8 Å². The van der Waals surface area contributed by atoms with Crippen LogP contribution in [0.3, 0.4) is 0 Å². The smallest absolute Gasteiger partial charge is 0.282 e. The number of carbonyl (C=O) groups excluding carboxylic acids is 1. The van der Waals surface area contributed by atoms with E-state index in [1.807, 2.05) is 12.1 Å². The number of nitriles is 1. The number of likely N-dealkylation sites (N-methyl/N-ethyl adjacent to an activating group) is 1. The van der Waals surface area contributed by atoms with E-state index in [1.54, 1.807) is 6.20 Å². The topological polar surface area (TPSA) is 130 Å². The van der Waals surface area contributed by atoms with Gasteiger partial charge in [0.25, 0.3) is 16.1 Å². The van der Waals surface area contributed by atoms with E-state index in [1.165, 1.54) is 17.7 Å². The summed E-state index contributed by atoms with van der Waals surface area (Å²) in [5.41, 5.74) is 0.128. The van der Waals surface area contributed by atoms with Gasteiger partial charge in [-0.25, -0.2) is 18.7 Å². The van der Waals surface area contributed by atoms with Crippen LogP contribution < -0.4 is 4.90 Å². The van der Waals surface area contributed by atoms with Crippen molar-refractivity contribution in [2.75, 3.05) is 44.7 Å². The number of fused-ring (bicyclic) bond motifs is 1. The van der Waals surface area contributed by atoms with Gasteiger partial charge in [-0.05, 0) is 18.9 Å². The highest BCUT2D eigenvalue weighted by Crippen LogP contribution is 2.47. The first-order chi connectivity index (χ1) is 17.1. The fraction of sp³-hybridized carbons (Fsp3) is 0.636. The van der Waals surface area contributed by atoms with Gasteiger partial charge in [-0.15, -0.1) is 0 Å². The van der Waals surface area contributed by atoms with Crippen molar-refractivity contribution in [3.05, 3.63) is 18.6 Å². The summed E-state index contributed by atoms with van der Waals surface area (Å²) in [6.45, 7) is 0.131. The zero-order valence-corrected chi connectivity index (χ0v) is 20.7. The number of H-pyrrole nitrogens is 1. The number of hydrogen-bond donors (Lipinski definition) is 1. The zero-order valence-electron chi connectivity index (χ0n) is 19.9. The van der Waals surface area contributed by atoms with Gasteiger partial charge >= 0.3 is 0 Å². The van der Waals surface area contributed by atoms with E-state index < -0.39 is 46.6 Å². The van der Waals surface area contributed by atoms with Crippen LogP contribution in [0.2, 0.25) is 0 Å². The van der Waals surface area contributed by atoms with Gasteiger partial charge in [-0.3, -0.25) is 4.79 Å². The molecule has 1 atom stereocenters. The quantitative estimate of drug-likeness (QED) is 0.581. The molecule has 3 aliphatic rings. The maximum Gasteiger partial charge on any atom is 0.282 e. The molecule has 0 radical (unpaired) electrons. The molecule has 3 fully saturated rings. The first-order valence-corrected chi connectivity index (χ1v) is 13.3. The van der Waals surface area contributed by atoms with Gasteiger partial charge in [0, 0.05) is 58.7 Å². The standard InChI is InChI=1S/C22H28F2N8O3S/c1-29(12-16-11-22(23,24)14-31(16)18(33)3-2-7-25)36(34,35)32-10-9-30(13-21(32)5-6-21)20-17-4-8-26-19(17)27-15-28-20/h4,8,15-16H,2-3,5-6,9-14H2,1H3,(H,26,27,28). The second-order valence-electron chi connectivity index (χ2n) is 9.84. The number of aromatic nitrogens is 3. The van der Waals surface area contributed by atoms with Crippen molar-refractivity contribution in [1.82, 2.24) is 28.5 Å². The molecule has 11 nitrogen and oxygen atoms in total. The molecular formula is C22H28F2N8O3S. The molecule has 2 aromatic rings. The summed E-state index contributed by atoms with van der Waals surface area (Å²) < 4.78 is 58.2. The molecule has 1 spiro atoms. The maximum atomic E-state index is 14.2. The number of rotatable bonds is 7. The summed E-state index contributed by atoms with van der Waals surface area (Å²) in [5.74, 6) is -2.91. The van der Waals surface area contributed by atoms with Crippen molar-refractivity contribution in [3.8, 4) is 6.07 Å². The Morgan fingerprint density at radius 2 is 2.08 bits per heavy atom. The summed E-state index contributed by atoms with van der Waals surface area (Å²) in [7, 11) is -2.59. The van der Waals surface area contributed by atoms with E-state index in [9.17, 15) is 22.0 Å². The van der Waals surface area contributed by atoms with Crippen LogP contribution in [0.5, 0.6) is 0 Å². The minimum Gasteiger partial charge on any atom is -0.353 e. The lowest BCUT2D eigenvalue weighted by molar-refractivity contribution is -0.133. The van der Waals surface area contributed by atoms with Crippen molar-refractivity contribution >= 4 is 33.0 Å². The Labute approximate surface area is 207 Å². The number of piperazine rings is 1. The molecule has 0 bridgehead atoms. The third kappa shape index (κ3) is 4.39. The number of nitrogens with zero attached hydrogens (tertiary/aromatic N) is 7. The first-order valence-electron chi connectivity index (χ1n) is 11.9. The molecular weight excluding hydrogens is 494 g/mol. The number of nitrogens with one attached hydrogen (secondary N) is 1.